The molecule has 0 saturated carbocycles. The van der Waals surface area contributed by atoms with Gasteiger partial charge >= 0.3 is 0 Å². The molecule has 1 aromatic carbocycles. The third kappa shape index (κ3) is 1.80. The highest BCUT2D eigenvalue weighted by Gasteiger charge is 2.00. The lowest BCUT2D eigenvalue weighted by atomic mass is 10.2. The summed E-state index contributed by atoms with van der Waals surface area (Å²) in [4.78, 5) is 3.29. The highest BCUT2D eigenvalue weighted by atomic mass is 79.9. The first-order chi connectivity index (χ1) is 6.79. The van der Waals surface area contributed by atoms with Crippen LogP contribution in [0.5, 0.6) is 0 Å². The molecule has 3 heteroatoms. The van der Waals surface area contributed by atoms with Crippen molar-refractivity contribution in [1.29, 1.82) is 5.26 Å². The van der Waals surface area contributed by atoms with Crippen molar-refractivity contribution in [2.24, 2.45) is 0 Å². The lowest BCUT2D eigenvalue weighted by Crippen LogP contribution is -1.81. The quantitative estimate of drug-likeness (QED) is 0.870. The molecular weight excluding hydrogens is 240 g/mol. The number of hydrogen-bond acceptors (Lipinski definition) is 1. The number of aromatic nitrogens is 1. The Bertz CT molecular complexity index is 493. The SMILES string of the molecule is N#CCCc1cc2cc(Br)ccc2[nH]1. The molecule has 2 nitrogen and oxygen atoms in total. The fourth-order valence-electron chi connectivity index (χ4n) is 1.49. The van der Waals surface area contributed by atoms with Crippen LogP contribution in [-0.2, 0) is 6.42 Å². The van der Waals surface area contributed by atoms with E-state index < -0.39 is 0 Å². The molecule has 0 atom stereocenters. The number of rotatable bonds is 2. The number of nitriles is 1. The van der Waals surface area contributed by atoms with Crippen molar-refractivity contribution in [3.8, 4) is 6.07 Å². The second-order valence-electron chi connectivity index (χ2n) is 3.18. The smallest absolute Gasteiger partial charge is 0.0625 e. The van der Waals surface area contributed by atoms with Gasteiger partial charge in [0.2, 0.25) is 0 Å². The molecule has 0 unspecified atom stereocenters. The molecule has 0 fully saturated rings. The molecule has 2 rings (SSSR count). The van der Waals surface area contributed by atoms with Gasteiger partial charge in [-0.2, -0.15) is 5.26 Å². The van der Waals surface area contributed by atoms with E-state index in [1.54, 1.807) is 0 Å². The number of aromatic amines is 1. The molecule has 0 spiro atoms. The summed E-state index contributed by atoms with van der Waals surface area (Å²) in [5, 5.41) is 9.66. The number of H-pyrrole nitrogens is 1. The van der Waals surface area contributed by atoms with Crippen molar-refractivity contribution < 1.29 is 0 Å². The number of fused-ring (bicyclic) bond motifs is 1. The summed E-state index contributed by atoms with van der Waals surface area (Å²) >= 11 is 3.43. The zero-order chi connectivity index (χ0) is 9.97. The van der Waals surface area contributed by atoms with Crippen LogP contribution in [0.25, 0.3) is 10.9 Å². The van der Waals surface area contributed by atoms with Crippen LogP contribution in [0.15, 0.2) is 28.7 Å². The Hall–Kier alpha value is -1.27. The number of nitrogens with one attached hydrogen (secondary N) is 1. The lowest BCUT2D eigenvalue weighted by molar-refractivity contribution is 0.973. The van der Waals surface area contributed by atoms with Crippen molar-refractivity contribution in [2.75, 3.05) is 0 Å². The summed E-state index contributed by atoms with van der Waals surface area (Å²) in [6, 6.07) is 10.4. The molecule has 0 amide bonds. The summed E-state index contributed by atoms with van der Waals surface area (Å²) < 4.78 is 1.08. The summed E-state index contributed by atoms with van der Waals surface area (Å²) in [7, 11) is 0. The molecule has 1 aromatic heterocycles. The minimum absolute atomic E-state index is 0.563. The summed E-state index contributed by atoms with van der Waals surface area (Å²) in [6.45, 7) is 0. The van der Waals surface area contributed by atoms with E-state index >= 15 is 0 Å². The Morgan fingerprint density at radius 2 is 2.21 bits per heavy atom. The van der Waals surface area contributed by atoms with Crippen molar-refractivity contribution >= 4 is 26.8 Å². The van der Waals surface area contributed by atoms with Crippen LogP contribution in [0.4, 0.5) is 0 Å². The average molecular weight is 249 g/mol. The third-order valence-electron chi connectivity index (χ3n) is 2.14. The van der Waals surface area contributed by atoms with Crippen LogP contribution >= 0.6 is 15.9 Å². The Labute approximate surface area is 90.7 Å². The van der Waals surface area contributed by atoms with Crippen molar-refractivity contribution in [3.05, 3.63) is 34.4 Å². The Kier molecular flexibility index (Phi) is 2.55. The molecule has 0 aliphatic rings. The average Bonchev–Trinajstić information content (AvgIpc) is 2.56. The minimum Gasteiger partial charge on any atom is -0.358 e. The van der Waals surface area contributed by atoms with Gasteiger partial charge in [0.25, 0.3) is 0 Å². The third-order valence-corrected chi connectivity index (χ3v) is 2.64. The van der Waals surface area contributed by atoms with Gasteiger partial charge in [-0.05, 0) is 24.3 Å². The molecule has 0 radical (unpaired) electrons. The molecule has 2 aromatic rings. The van der Waals surface area contributed by atoms with Gasteiger partial charge in [0.05, 0.1) is 6.07 Å². The van der Waals surface area contributed by atoms with E-state index in [0.717, 1.165) is 22.1 Å². The van der Waals surface area contributed by atoms with Crippen molar-refractivity contribution in [2.45, 2.75) is 12.8 Å². The van der Waals surface area contributed by atoms with E-state index in [2.05, 4.69) is 39.1 Å². The number of benzene rings is 1. The number of hydrogen-bond donors (Lipinski definition) is 1. The van der Waals surface area contributed by atoms with E-state index in [4.69, 9.17) is 5.26 Å². The van der Waals surface area contributed by atoms with Crippen molar-refractivity contribution in [1.82, 2.24) is 4.98 Å². The molecule has 14 heavy (non-hydrogen) atoms. The van der Waals surface area contributed by atoms with Gasteiger partial charge in [-0.1, -0.05) is 15.9 Å². The van der Waals surface area contributed by atoms with E-state index in [1.165, 1.54) is 5.39 Å². The van der Waals surface area contributed by atoms with E-state index in [-0.39, 0.29) is 0 Å². The first-order valence-corrected chi connectivity index (χ1v) is 5.23. The van der Waals surface area contributed by atoms with Crippen LogP contribution in [0.1, 0.15) is 12.1 Å². The fourth-order valence-corrected chi connectivity index (χ4v) is 1.87. The zero-order valence-electron chi connectivity index (χ0n) is 7.55. The van der Waals surface area contributed by atoms with Gasteiger partial charge in [-0.15, -0.1) is 0 Å². The van der Waals surface area contributed by atoms with Gasteiger partial charge in [-0.25, -0.2) is 0 Å². The fraction of sp³-hybridized carbons (Fsp3) is 0.182. The number of aryl methyl sites for hydroxylation is 1. The molecule has 1 heterocycles. The normalized spacial score (nSPS) is 10.3. The van der Waals surface area contributed by atoms with E-state index in [1.807, 2.05) is 12.1 Å². The van der Waals surface area contributed by atoms with E-state index in [9.17, 15) is 0 Å². The monoisotopic (exact) mass is 248 g/mol. The summed E-state index contributed by atoms with van der Waals surface area (Å²) in [5.41, 5.74) is 2.25. The number of halogens is 1. The molecule has 70 valence electrons. The topological polar surface area (TPSA) is 39.6 Å². The van der Waals surface area contributed by atoms with Crippen LogP contribution in [0.2, 0.25) is 0 Å². The first-order valence-electron chi connectivity index (χ1n) is 4.44. The largest absolute Gasteiger partial charge is 0.358 e. The van der Waals surface area contributed by atoms with Gasteiger partial charge in [0.1, 0.15) is 0 Å². The maximum atomic E-state index is 8.48. The Morgan fingerprint density at radius 3 is 3.00 bits per heavy atom. The molecule has 1 N–H and O–H groups in total. The van der Waals surface area contributed by atoms with Crippen LogP contribution in [0, 0.1) is 11.3 Å². The maximum Gasteiger partial charge on any atom is 0.0625 e. The van der Waals surface area contributed by atoms with Crippen LogP contribution in [0.3, 0.4) is 0 Å². The summed E-state index contributed by atoms with van der Waals surface area (Å²) in [6.07, 6.45) is 1.36. The van der Waals surface area contributed by atoms with E-state index in [0.29, 0.717) is 6.42 Å². The molecule has 0 aliphatic heterocycles. The standard InChI is InChI=1S/C11H9BrN2/c12-9-3-4-11-8(6-9)7-10(14-11)2-1-5-13/h3-4,6-7,14H,1-2H2. The van der Waals surface area contributed by atoms with Crippen LogP contribution < -0.4 is 0 Å². The maximum absolute atomic E-state index is 8.48. The van der Waals surface area contributed by atoms with Crippen molar-refractivity contribution in [3.63, 3.8) is 0 Å². The molecule has 0 aliphatic carbocycles. The highest BCUT2D eigenvalue weighted by molar-refractivity contribution is 9.10. The second kappa shape index (κ2) is 3.85. The first kappa shape index (κ1) is 9.29. The van der Waals surface area contributed by atoms with Crippen LogP contribution in [-0.4, -0.2) is 4.98 Å². The van der Waals surface area contributed by atoms with Gasteiger partial charge in [0, 0.05) is 33.9 Å². The molecule has 0 saturated heterocycles. The minimum atomic E-state index is 0.563. The zero-order valence-corrected chi connectivity index (χ0v) is 9.13. The number of nitrogens with zero attached hydrogens (tertiary/aromatic N) is 1. The van der Waals surface area contributed by atoms with Gasteiger partial charge in [0.15, 0.2) is 0 Å². The summed E-state index contributed by atoms with van der Waals surface area (Å²) in [5.74, 6) is 0. The Balaban J connectivity index is 2.37. The second-order valence-corrected chi connectivity index (χ2v) is 4.10. The molecule has 0 bridgehead atoms. The predicted octanol–water partition coefficient (Wildman–Crippen LogP) is 3.39. The predicted molar refractivity (Wildman–Crippen MR) is 59.9 cm³/mol. The van der Waals surface area contributed by atoms with Gasteiger partial charge < -0.3 is 4.98 Å². The highest BCUT2D eigenvalue weighted by Crippen LogP contribution is 2.20. The Morgan fingerprint density at radius 1 is 1.36 bits per heavy atom. The lowest BCUT2D eigenvalue weighted by Gasteiger charge is -1.89. The van der Waals surface area contributed by atoms with Gasteiger partial charge in [-0.3, -0.25) is 0 Å². The molecular formula is C11H9BrN2.